The molecule has 2 aromatic heterocycles. The zero-order valence-electron chi connectivity index (χ0n) is 6.01. The van der Waals surface area contributed by atoms with E-state index in [0.717, 1.165) is 11.3 Å². The van der Waals surface area contributed by atoms with Crippen molar-refractivity contribution in [2.45, 2.75) is 6.54 Å². The second kappa shape index (κ2) is 2.90. The molecule has 2 rings (SSSR count). The quantitative estimate of drug-likeness (QED) is 0.673. The minimum atomic E-state index is -0.0852. The van der Waals surface area contributed by atoms with Gasteiger partial charge in [0.15, 0.2) is 0 Å². The van der Waals surface area contributed by atoms with E-state index in [1.54, 1.807) is 6.07 Å². The zero-order valence-corrected chi connectivity index (χ0v) is 6.82. The van der Waals surface area contributed by atoms with Gasteiger partial charge in [-0.3, -0.25) is 4.79 Å². The third-order valence-corrected chi connectivity index (χ3v) is 1.97. The summed E-state index contributed by atoms with van der Waals surface area (Å²) in [7, 11) is 0. The highest BCUT2D eigenvalue weighted by Crippen LogP contribution is 1.95. The van der Waals surface area contributed by atoms with E-state index in [0.29, 0.717) is 12.2 Å². The molecule has 5 nitrogen and oxygen atoms in total. The first-order chi connectivity index (χ1) is 5.86. The molecule has 0 aromatic carbocycles. The van der Waals surface area contributed by atoms with Crippen LogP contribution in [0.25, 0.3) is 0 Å². The Morgan fingerprint density at radius 1 is 1.67 bits per heavy atom. The zero-order chi connectivity index (χ0) is 8.39. The van der Waals surface area contributed by atoms with Crippen molar-refractivity contribution in [1.82, 2.24) is 14.9 Å². The van der Waals surface area contributed by atoms with E-state index in [1.807, 2.05) is 0 Å². The van der Waals surface area contributed by atoms with Crippen LogP contribution in [-0.4, -0.2) is 14.9 Å². The van der Waals surface area contributed by atoms with Crippen molar-refractivity contribution < 1.29 is 4.52 Å². The highest BCUT2D eigenvalue weighted by Gasteiger charge is 2.01. The van der Waals surface area contributed by atoms with Gasteiger partial charge in [0, 0.05) is 6.07 Å². The van der Waals surface area contributed by atoms with Crippen molar-refractivity contribution in [3.63, 3.8) is 0 Å². The largest absolute Gasteiger partial charge is 0.364 e. The second-order valence-corrected chi connectivity index (χ2v) is 2.95. The molecule has 2 aromatic rings. The Bertz CT molecular complexity index is 402. The van der Waals surface area contributed by atoms with Crippen LogP contribution in [0, 0.1) is 0 Å². The molecule has 0 fully saturated rings. The molecule has 0 atom stereocenters. The van der Waals surface area contributed by atoms with Gasteiger partial charge in [0.25, 0.3) is 0 Å². The Morgan fingerprint density at radius 3 is 3.17 bits per heavy atom. The highest BCUT2D eigenvalue weighted by molar-refractivity contribution is 7.06. The Labute approximate surface area is 71.2 Å². The maximum atomic E-state index is 11.0. The molecule has 0 radical (unpaired) electrons. The van der Waals surface area contributed by atoms with E-state index in [4.69, 9.17) is 0 Å². The minimum Gasteiger partial charge on any atom is -0.364 e. The van der Waals surface area contributed by atoms with E-state index in [-0.39, 0.29) is 4.87 Å². The van der Waals surface area contributed by atoms with E-state index in [9.17, 15) is 4.79 Å². The summed E-state index contributed by atoms with van der Waals surface area (Å²) in [6, 6.07) is 1.70. The Morgan fingerprint density at radius 2 is 2.58 bits per heavy atom. The lowest BCUT2D eigenvalue weighted by atomic mass is 10.4. The number of nitrogens with zero attached hydrogens (tertiary/aromatic N) is 3. The van der Waals surface area contributed by atoms with Crippen LogP contribution in [0.3, 0.4) is 0 Å². The maximum absolute atomic E-state index is 11.0. The number of aromatic nitrogens is 3. The average molecular weight is 183 g/mol. The Balaban J connectivity index is 2.25. The average Bonchev–Trinajstić information content (AvgIpc) is 2.65. The summed E-state index contributed by atoms with van der Waals surface area (Å²) in [4.78, 5) is 10.9. The van der Waals surface area contributed by atoms with Gasteiger partial charge in [0.05, 0.1) is 6.54 Å². The highest BCUT2D eigenvalue weighted by atomic mass is 32.1. The van der Waals surface area contributed by atoms with Crippen molar-refractivity contribution in [3.05, 3.63) is 33.2 Å². The van der Waals surface area contributed by atoms with Crippen molar-refractivity contribution >= 4 is 11.3 Å². The van der Waals surface area contributed by atoms with Crippen LogP contribution in [0.15, 0.2) is 27.2 Å². The normalized spacial score (nSPS) is 10.3. The maximum Gasteiger partial charge on any atom is 0.325 e. The number of rotatable bonds is 2. The first-order valence-electron chi connectivity index (χ1n) is 3.26. The molecule has 62 valence electrons. The molecule has 0 spiro atoms. The van der Waals surface area contributed by atoms with Crippen LogP contribution in [0.1, 0.15) is 5.69 Å². The van der Waals surface area contributed by atoms with Crippen LogP contribution in [0.2, 0.25) is 0 Å². The molecular formula is C6H5N3O2S. The molecule has 0 bridgehead atoms. The van der Waals surface area contributed by atoms with Gasteiger partial charge in [0.2, 0.25) is 0 Å². The molecule has 0 aliphatic rings. The summed E-state index contributed by atoms with van der Waals surface area (Å²) < 4.78 is 5.95. The fraction of sp³-hybridized carbons (Fsp3) is 0.167. The summed E-state index contributed by atoms with van der Waals surface area (Å²) in [5.74, 6) is 0. The topological polar surface area (TPSA) is 60.9 Å². The second-order valence-electron chi connectivity index (χ2n) is 2.15. The molecule has 6 heteroatoms. The molecule has 0 saturated heterocycles. The van der Waals surface area contributed by atoms with Gasteiger partial charge in [-0.05, 0) is 0 Å². The Hall–Kier alpha value is -1.43. The van der Waals surface area contributed by atoms with E-state index >= 15 is 0 Å². The predicted molar refractivity (Wildman–Crippen MR) is 42.0 cm³/mol. The monoisotopic (exact) mass is 183 g/mol. The fourth-order valence-electron chi connectivity index (χ4n) is 0.811. The number of hydrogen-bond acceptors (Lipinski definition) is 5. The first kappa shape index (κ1) is 7.23. The van der Waals surface area contributed by atoms with E-state index in [2.05, 4.69) is 14.8 Å². The first-order valence-corrected chi connectivity index (χ1v) is 4.14. The van der Waals surface area contributed by atoms with Gasteiger partial charge < -0.3 is 4.52 Å². The SMILES string of the molecule is O=c1scnn1Cc1ccon1. The summed E-state index contributed by atoms with van der Waals surface area (Å²) in [6.45, 7) is 0.374. The fourth-order valence-corrected chi connectivity index (χ4v) is 1.30. The predicted octanol–water partition coefficient (Wildman–Crippen LogP) is 0.341. The van der Waals surface area contributed by atoms with Crippen molar-refractivity contribution in [1.29, 1.82) is 0 Å². The summed E-state index contributed by atoms with van der Waals surface area (Å²) >= 11 is 1.06. The summed E-state index contributed by atoms with van der Waals surface area (Å²) in [5.41, 5.74) is 2.20. The lowest BCUT2D eigenvalue weighted by Crippen LogP contribution is -2.15. The minimum absolute atomic E-state index is 0.0852. The van der Waals surface area contributed by atoms with Crippen LogP contribution < -0.4 is 4.87 Å². The third kappa shape index (κ3) is 1.28. The van der Waals surface area contributed by atoms with Gasteiger partial charge in [-0.2, -0.15) is 5.10 Å². The van der Waals surface area contributed by atoms with Gasteiger partial charge in [-0.25, -0.2) is 4.68 Å². The molecule has 0 unspecified atom stereocenters. The van der Waals surface area contributed by atoms with Gasteiger partial charge in [0.1, 0.15) is 17.5 Å². The lowest BCUT2D eigenvalue weighted by molar-refractivity contribution is 0.407. The van der Waals surface area contributed by atoms with E-state index in [1.165, 1.54) is 16.5 Å². The molecule has 12 heavy (non-hydrogen) atoms. The molecule has 2 heterocycles. The number of hydrogen-bond donors (Lipinski definition) is 0. The van der Waals surface area contributed by atoms with Crippen LogP contribution in [0.5, 0.6) is 0 Å². The van der Waals surface area contributed by atoms with E-state index < -0.39 is 0 Å². The van der Waals surface area contributed by atoms with Crippen molar-refractivity contribution in [2.75, 3.05) is 0 Å². The molecule has 0 saturated carbocycles. The van der Waals surface area contributed by atoms with Crippen LogP contribution in [0.4, 0.5) is 0 Å². The third-order valence-electron chi connectivity index (χ3n) is 1.35. The van der Waals surface area contributed by atoms with Crippen LogP contribution >= 0.6 is 11.3 Å². The molecule has 0 aliphatic heterocycles. The summed E-state index contributed by atoms with van der Waals surface area (Å²) in [5, 5.41) is 7.49. The summed E-state index contributed by atoms with van der Waals surface area (Å²) in [6.07, 6.45) is 1.47. The van der Waals surface area contributed by atoms with Crippen molar-refractivity contribution in [3.8, 4) is 0 Å². The standard InChI is InChI=1S/C6H5N3O2S/c10-6-9(7-4-12-6)3-5-1-2-11-8-5/h1-2,4H,3H2. The van der Waals surface area contributed by atoms with Gasteiger partial charge >= 0.3 is 4.87 Å². The molecule has 0 aliphatic carbocycles. The lowest BCUT2D eigenvalue weighted by Gasteiger charge is -1.91. The Kier molecular flexibility index (Phi) is 1.75. The van der Waals surface area contributed by atoms with Gasteiger partial charge in [-0.15, -0.1) is 0 Å². The van der Waals surface area contributed by atoms with Gasteiger partial charge in [-0.1, -0.05) is 16.5 Å². The molecular weight excluding hydrogens is 178 g/mol. The molecule has 0 N–H and O–H groups in total. The van der Waals surface area contributed by atoms with Crippen LogP contribution in [-0.2, 0) is 6.54 Å². The molecule has 0 amide bonds. The van der Waals surface area contributed by atoms with Crippen molar-refractivity contribution in [2.24, 2.45) is 0 Å². The smallest absolute Gasteiger partial charge is 0.325 e.